The largest absolute Gasteiger partial charge is 0.478 e. The molecule has 1 rings (SSSR count). The molecular formula is C20H30O12. The van der Waals surface area contributed by atoms with E-state index < -0.39 is 25.5 Å². The first-order chi connectivity index (χ1) is 15.5. The Kier molecular flexibility index (Phi) is 15.2. The first-order valence-electron chi connectivity index (χ1n) is 9.81. The summed E-state index contributed by atoms with van der Waals surface area (Å²) >= 11 is 0. The Morgan fingerprint density at radius 2 is 1.00 bits per heavy atom. The summed E-state index contributed by atoms with van der Waals surface area (Å²) in [6.45, 7) is 0.386. The van der Waals surface area contributed by atoms with Crippen LogP contribution in [0.5, 0.6) is 0 Å². The van der Waals surface area contributed by atoms with Crippen LogP contribution in [-0.4, -0.2) is 99.2 Å². The number of ether oxygens (including phenoxy) is 6. The predicted octanol–water partition coefficient (Wildman–Crippen LogP) is 0.0822. The molecule has 0 spiro atoms. The number of aromatic carboxylic acids is 2. The molecule has 0 aliphatic carbocycles. The van der Waals surface area contributed by atoms with Crippen LogP contribution in [0.3, 0.4) is 0 Å². The first kappa shape index (κ1) is 27.9. The van der Waals surface area contributed by atoms with Gasteiger partial charge in [-0.2, -0.15) is 0 Å². The molecule has 1 aromatic carbocycles. The predicted molar refractivity (Wildman–Crippen MR) is 107 cm³/mol. The van der Waals surface area contributed by atoms with Crippen molar-refractivity contribution in [2.24, 2.45) is 0 Å². The van der Waals surface area contributed by atoms with Crippen molar-refractivity contribution >= 4 is 11.9 Å². The molecule has 0 atom stereocenters. The second-order valence-corrected chi connectivity index (χ2v) is 6.22. The van der Waals surface area contributed by atoms with Gasteiger partial charge in [-0.1, -0.05) is 6.07 Å². The van der Waals surface area contributed by atoms with Gasteiger partial charge in [0.05, 0.1) is 50.8 Å². The lowest BCUT2D eigenvalue weighted by Gasteiger charge is -2.13. The van der Waals surface area contributed by atoms with Gasteiger partial charge in [-0.15, -0.1) is 0 Å². The lowest BCUT2D eigenvalue weighted by Crippen LogP contribution is -2.14. The maximum Gasteiger partial charge on any atom is 0.335 e. The van der Waals surface area contributed by atoms with Crippen LogP contribution in [0.2, 0.25) is 0 Å². The summed E-state index contributed by atoms with van der Waals surface area (Å²) in [6.07, 6.45) is 0.530. The van der Waals surface area contributed by atoms with Crippen LogP contribution in [0, 0.1) is 0 Å². The maximum atomic E-state index is 11.6. The maximum absolute atomic E-state index is 11.6. The molecule has 12 heteroatoms. The molecule has 0 saturated heterocycles. The van der Waals surface area contributed by atoms with Gasteiger partial charge in [-0.05, 0) is 30.0 Å². The summed E-state index contributed by atoms with van der Waals surface area (Å²) in [4.78, 5) is 23.2. The van der Waals surface area contributed by atoms with Crippen molar-refractivity contribution in [2.45, 2.75) is 12.8 Å². The summed E-state index contributed by atoms with van der Waals surface area (Å²) in [6, 6.07) is 2.71. The van der Waals surface area contributed by atoms with Crippen molar-refractivity contribution in [3.63, 3.8) is 0 Å². The van der Waals surface area contributed by atoms with Gasteiger partial charge in [-0.25, -0.2) is 9.59 Å². The molecule has 32 heavy (non-hydrogen) atoms. The molecule has 0 amide bonds. The number of benzene rings is 1. The van der Waals surface area contributed by atoms with Gasteiger partial charge in [0.15, 0.2) is 0 Å². The third-order valence-corrected chi connectivity index (χ3v) is 4.08. The molecule has 0 aromatic heterocycles. The third kappa shape index (κ3) is 11.5. The Balaban J connectivity index is 2.62. The van der Waals surface area contributed by atoms with Crippen molar-refractivity contribution in [3.05, 3.63) is 34.4 Å². The van der Waals surface area contributed by atoms with E-state index >= 15 is 0 Å². The Bertz CT molecular complexity index is 626. The van der Waals surface area contributed by atoms with Gasteiger partial charge >= 0.3 is 11.9 Å². The minimum Gasteiger partial charge on any atom is -0.478 e. The molecule has 0 aliphatic rings. The van der Waals surface area contributed by atoms with Gasteiger partial charge < -0.3 is 48.8 Å². The highest BCUT2D eigenvalue weighted by Crippen LogP contribution is 2.20. The smallest absolute Gasteiger partial charge is 0.335 e. The number of carboxylic acid groups (broad SMARTS) is 2. The molecule has 0 heterocycles. The summed E-state index contributed by atoms with van der Waals surface area (Å²) < 4.78 is 30.1. The molecule has 12 nitrogen and oxygen atoms in total. The molecular weight excluding hydrogens is 432 g/mol. The standard InChI is InChI=1S/C20H30O12/c21-11-31-13-29-7-5-27-3-1-15-9-16(2-4-28-6-8-30-14-32-12-22)18(20(25)26)10-17(15)19(23)24/h9-10,21-22H,1-8,11-14H2,(H,23,24)(H,25,26). The molecule has 182 valence electrons. The topological polar surface area (TPSA) is 170 Å². The molecule has 0 unspecified atom stereocenters. The summed E-state index contributed by atoms with van der Waals surface area (Å²) in [5.74, 6) is -2.45. The van der Waals surface area contributed by atoms with Crippen molar-refractivity contribution in [3.8, 4) is 0 Å². The van der Waals surface area contributed by atoms with Crippen LogP contribution >= 0.6 is 0 Å². The fourth-order valence-electron chi connectivity index (χ4n) is 2.62. The van der Waals surface area contributed by atoms with Crippen molar-refractivity contribution in [1.82, 2.24) is 0 Å². The van der Waals surface area contributed by atoms with Gasteiger partial charge in [0.1, 0.15) is 27.2 Å². The molecule has 1 aromatic rings. The molecule has 0 fully saturated rings. The Hall–Kier alpha value is -2.16. The van der Waals surface area contributed by atoms with Gasteiger partial charge in [0.2, 0.25) is 0 Å². The Morgan fingerprint density at radius 3 is 1.38 bits per heavy atom. The number of rotatable bonds is 20. The van der Waals surface area contributed by atoms with Gasteiger partial charge in [0, 0.05) is 0 Å². The monoisotopic (exact) mass is 462 g/mol. The van der Waals surface area contributed by atoms with Gasteiger partial charge in [0.25, 0.3) is 0 Å². The average molecular weight is 462 g/mol. The first-order valence-corrected chi connectivity index (χ1v) is 9.81. The highest BCUT2D eigenvalue weighted by molar-refractivity contribution is 5.96. The second kappa shape index (κ2) is 17.4. The summed E-state index contributed by atoms with van der Waals surface area (Å²) in [5, 5.41) is 35.9. The van der Waals surface area contributed by atoms with Crippen LogP contribution in [0.25, 0.3) is 0 Å². The molecule has 0 radical (unpaired) electrons. The van der Waals surface area contributed by atoms with E-state index in [9.17, 15) is 19.8 Å². The van der Waals surface area contributed by atoms with E-state index in [0.29, 0.717) is 11.1 Å². The molecule has 0 aliphatic heterocycles. The zero-order valence-electron chi connectivity index (χ0n) is 17.7. The van der Waals surface area contributed by atoms with E-state index in [2.05, 4.69) is 9.47 Å². The fourth-order valence-corrected chi connectivity index (χ4v) is 2.62. The van der Waals surface area contributed by atoms with Crippen LogP contribution in [0.4, 0.5) is 0 Å². The number of carboxylic acids is 2. The van der Waals surface area contributed by atoms with Crippen LogP contribution < -0.4 is 0 Å². The Labute approximate surface area is 185 Å². The fraction of sp³-hybridized carbons (Fsp3) is 0.600. The van der Waals surface area contributed by atoms with E-state index in [0.717, 1.165) is 6.07 Å². The average Bonchev–Trinajstić information content (AvgIpc) is 2.77. The third-order valence-electron chi connectivity index (χ3n) is 4.08. The van der Waals surface area contributed by atoms with E-state index in [1.807, 2.05) is 0 Å². The SMILES string of the molecule is O=C(O)c1cc(C(=O)O)c(CCOCCOCOCO)cc1CCOCCOCOCO. The number of aliphatic hydroxyl groups is 2. The number of carbonyl (C=O) groups is 2. The molecule has 4 N–H and O–H groups in total. The van der Waals surface area contributed by atoms with E-state index in [1.54, 1.807) is 6.07 Å². The summed E-state index contributed by atoms with van der Waals surface area (Å²) in [5.41, 5.74) is 0.708. The van der Waals surface area contributed by atoms with Crippen LogP contribution in [0.1, 0.15) is 31.8 Å². The second-order valence-electron chi connectivity index (χ2n) is 6.22. The zero-order chi connectivity index (χ0) is 23.6. The van der Waals surface area contributed by atoms with Crippen molar-refractivity contribution in [1.29, 1.82) is 0 Å². The molecule has 0 saturated carbocycles. The normalized spacial score (nSPS) is 11.1. The number of hydrogen-bond donors (Lipinski definition) is 4. The zero-order valence-corrected chi connectivity index (χ0v) is 17.7. The van der Waals surface area contributed by atoms with E-state index in [-0.39, 0.29) is 77.2 Å². The van der Waals surface area contributed by atoms with Crippen molar-refractivity contribution < 1.29 is 58.4 Å². The number of aliphatic hydroxyl groups excluding tert-OH is 2. The minimum atomic E-state index is -1.22. The van der Waals surface area contributed by atoms with Crippen LogP contribution in [0.15, 0.2) is 12.1 Å². The minimum absolute atomic E-state index is 0.0618. The van der Waals surface area contributed by atoms with Gasteiger partial charge in [-0.3, -0.25) is 0 Å². The summed E-state index contributed by atoms with van der Waals surface area (Å²) in [7, 11) is 0. The highest BCUT2D eigenvalue weighted by Gasteiger charge is 2.18. The van der Waals surface area contributed by atoms with E-state index in [1.165, 1.54) is 0 Å². The lowest BCUT2D eigenvalue weighted by atomic mass is 9.95. The van der Waals surface area contributed by atoms with Crippen LogP contribution in [-0.2, 0) is 41.3 Å². The highest BCUT2D eigenvalue weighted by atomic mass is 16.7. The van der Waals surface area contributed by atoms with E-state index in [4.69, 9.17) is 29.2 Å². The number of hydrogen-bond acceptors (Lipinski definition) is 10. The van der Waals surface area contributed by atoms with Crippen molar-refractivity contribution in [2.75, 3.05) is 66.8 Å². The molecule has 0 bridgehead atoms. The Morgan fingerprint density at radius 1 is 0.594 bits per heavy atom. The lowest BCUT2D eigenvalue weighted by molar-refractivity contribution is -0.115. The quantitative estimate of drug-likeness (QED) is 0.152.